The van der Waals surface area contributed by atoms with Gasteiger partial charge in [-0.1, -0.05) is 30.3 Å². The maximum atomic E-state index is 12.8. The zero-order chi connectivity index (χ0) is 20.2. The summed E-state index contributed by atoms with van der Waals surface area (Å²) in [6, 6.07) is 11.2. The molecule has 0 radical (unpaired) electrons. The molecule has 150 valence electrons. The van der Waals surface area contributed by atoms with E-state index in [1.165, 1.54) is 23.5 Å². The molecule has 1 aliphatic rings. The number of allylic oxidation sites excluding steroid dienone is 1. The van der Waals surface area contributed by atoms with E-state index in [-0.39, 0.29) is 5.76 Å². The number of hydrogen-bond acceptors (Lipinski definition) is 4. The highest BCUT2D eigenvalue weighted by molar-refractivity contribution is 7.87. The lowest BCUT2D eigenvalue weighted by atomic mass is 10.1. The third kappa shape index (κ3) is 5.02. The lowest BCUT2D eigenvalue weighted by Crippen LogP contribution is -2.27. The predicted molar refractivity (Wildman–Crippen MR) is 102 cm³/mol. The van der Waals surface area contributed by atoms with Gasteiger partial charge in [-0.2, -0.15) is 32.9 Å². The van der Waals surface area contributed by atoms with Crippen molar-refractivity contribution in [3.05, 3.63) is 64.4 Å². The van der Waals surface area contributed by atoms with Gasteiger partial charge in [-0.3, -0.25) is 0 Å². The minimum Gasteiger partial charge on any atom is -0.375 e. The first-order chi connectivity index (χ1) is 13.3. The number of rotatable bonds is 6. The van der Waals surface area contributed by atoms with Crippen molar-refractivity contribution in [1.29, 1.82) is 0 Å². The summed E-state index contributed by atoms with van der Waals surface area (Å²) in [5.41, 5.74) is -3.36. The molecule has 0 amide bonds. The fraction of sp³-hybridized carbons (Fsp3) is 0.316. The van der Waals surface area contributed by atoms with Gasteiger partial charge in [0, 0.05) is 35.4 Å². The highest BCUT2D eigenvalue weighted by Gasteiger charge is 2.49. The van der Waals surface area contributed by atoms with E-state index in [1.807, 2.05) is 30.3 Å². The Morgan fingerprint density at radius 3 is 2.57 bits per heavy atom. The quantitative estimate of drug-likeness (QED) is 0.286. The summed E-state index contributed by atoms with van der Waals surface area (Å²) < 4.78 is 68.2. The fourth-order valence-electron chi connectivity index (χ4n) is 2.94. The summed E-state index contributed by atoms with van der Waals surface area (Å²) in [6.07, 6.45) is 3.89. The Morgan fingerprint density at radius 2 is 1.93 bits per heavy atom. The molecule has 0 unspecified atom stereocenters. The summed E-state index contributed by atoms with van der Waals surface area (Å²) in [5, 5.41) is 3.21. The first-order valence-electron chi connectivity index (χ1n) is 8.66. The van der Waals surface area contributed by atoms with Gasteiger partial charge in [0.15, 0.2) is 18.0 Å². The van der Waals surface area contributed by atoms with E-state index >= 15 is 0 Å². The van der Waals surface area contributed by atoms with E-state index in [4.69, 9.17) is 0 Å². The smallest absolute Gasteiger partial charge is 0.375 e. The molecule has 0 N–H and O–H groups in total. The molecule has 0 bridgehead atoms. The molecular weight excluding hydrogens is 411 g/mol. The maximum absolute atomic E-state index is 12.8. The van der Waals surface area contributed by atoms with E-state index in [9.17, 15) is 21.6 Å². The second-order valence-electron chi connectivity index (χ2n) is 6.36. The van der Waals surface area contributed by atoms with Crippen LogP contribution >= 0.6 is 11.3 Å². The monoisotopic (exact) mass is 430 g/mol. The molecule has 0 saturated carbocycles. The molecule has 0 aliphatic carbocycles. The van der Waals surface area contributed by atoms with E-state index in [2.05, 4.69) is 8.76 Å². The number of thiophene rings is 1. The van der Waals surface area contributed by atoms with Crippen LogP contribution in [0.2, 0.25) is 0 Å². The third-order valence-corrected chi connectivity index (χ3v) is 5.97. The fourth-order valence-corrected chi connectivity index (χ4v) is 4.06. The molecular formula is C19H19F3NO3S2+. The van der Waals surface area contributed by atoms with Crippen molar-refractivity contribution in [3.8, 4) is 0 Å². The summed E-state index contributed by atoms with van der Waals surface area (Å²) in [4.78, 5) is 0. The Labute approximate surface area is 165 Å². The molecule has 4 nitrogen and oxygen atoms in total. The molecule has 1 aromatic carbocycles. The summed E-state index contributed by atoms with van der Waals surface area (Å²) in [7, 11) is -5.75. The highest BCUT2D eigenvalue weighted by atomic mass is 32.2. The summed E-state index contributed by atoms with van der Waals surface area (Å²) in [5.74, 6) is -0.312. The van der Waals surface area contributed by atoms with Crippen molar-refractivity contribution in [2.75, 3.05) is 6.54 Å². The van der Waals surface area contributed by atoms with Gasteiger partial charge in [0.25, 0.3) is 0 Å². The Balaban J connectivity index is 2.00. The molecule has 3 rings (SSSR count). The molecule has 1 aliphatic heterocycles. The number of benzene rings is 1. The standard InChI is InChI=1S/C19H19F3NO3S2/c20-19(21,22)28(24,25)26-18(16-9-11-27-14-16)12-17-8-4-5-10-23(17)13-15-6-2-1-3-7-15/h1-3,6-7,9,11-12,14H,4-5,8,10,13H2/q+1/b18-12-. The van der Waals surface area contributed by atoms with Crippen LogP contribution in [0.5, 0.6) is 0 Å². The first kappa shape index (κ1) is 20.6. The van der Waals surface area contributed by atoms with Crippen molar-refractivity contribution < 1.29 is 30.3 Å². The van der Waals surface area contributed by atoms with Crippen molar-refractivity contribution in [1.82, 2.24) is 0 Å². The van der Waals surface area contributed by atoms with Crippen LogP contribution in [0.3, 0.4) is 0 Å². The Bertz CT molecular complexity index is 964. The first-order valence-corrected chi connectivity index (χ1v) is 11.0. The SMILES string of the molecule is O=S(=O)(O/C(=C\C1=[N+](Cc2ccccc2)CCCC1)c1ccsc1)C(F)(F)F. The molecule has 1 aromatic heterocycles. The number of alkyl halides is 3. The van der Waals surface area contributed by atoms with Crippen LogP contribution in [0.25, 0.3) is 5.76 Å². The lowest BCUT2D eigenvalue weighted by molar-refractivity contribution is -0.548. The maximum Gasteiger partial charge on any atom is 0.534 e. The summed E-state index contributed by atoms with van der Waals surface area (Å²) in [6.45, 7) is 1.33. The van der Waals surface area contributed by atoms with Crippen molar-refractivity contribution in [2.45, 2.75) is 31.3 Å². The molecule has 0 fully saturated rings. The minimum absolute atomic E-state index is 0.301. The predicted octanol–water partition coefficient (Wildman–Crippen LogP) is 4.79. The van der Waals surface area contributed by atoms with Crippen LogP contribution in [-0.4, -0.2) is 30.8 Å². The van der Waals surface area contributed by atoms with Crippen LogP contribution in [0, 0.1) is 0 Å². The van der Waals surface area contributed by atoms with Gasteiger partial charge in [-0.15, -0.1) is 0 Å². The van der Waals surface area contributed by atoms with Crippen LogP contribution in [0.1, 0.15) is 30.4 Å². The van der Waals surface area contributed by atoms with Crippen molar-refractivity contribution >= 4 is 32.9 Å². The molecule has 0 spiro atoms. The van der Waals surface area contributed by atoms with E-state index in [1.54, 1.807) is 10.8 Å². The van der Waals surface area contributed by atoms with Gasteiger partial charge in [0.1, 0.15) is 6.54 Å². The second-order valence-corrected chi connectivity index (χ2v) is 8.68. The molecule has 28 heavy (non-hydrogen) atoms. The Kier molecular flexibility index (Phi) is 6.24. The molecule has 0 atom stereocenters. The van der Waals surface area contributed by atoms with E-state index < -0.39 is 15.6 Å². The van der Waals surface area contributed by atoms with E-state index in [0.29, 0.717) is 18.5 Å². The van der Waals surface area contributed by atoms with Crippen LogP contribution < -0.4 is 0 Å². The van der Waals surface area contributed by atoms with Gasteiger partial charge in [0.05, 0.1) is 0 Å². The van der Waals surface area contributed by atoms with Gasteiger partial charge >= 0.3 is 15.6 Å². The number of nitrogens with zero attached hydrogens (tertiary/aromatic N) is 1. The molecule has 9 heteroatoms. The highest BCUT2D eigenvalue weighted by Crippen LogP contribution is 2.31. The van der Waals surface area contributed by atoms with Crippen LogP contribution in [-0.2, 0) is 20.8 Å². The molecule has 0 saturated heterocycles. The lowest BCUT2D eigenvalue weighted by Gasteiger charge is -2.15. The molecule has 2 aromatic rings. The van der Waals surface area contributed by atoms with Crippen molar-refractivity contribution in [2.24, 2.45) is 0 Å². The number of halogens is 3. The Morgan fingerprint density at radius 1 is 1.18 bits per heavy atom. The number of hydrogen-bond donors (Lipinski definition) is 0. The largest absolute Gasteiger partial charge is 0.534 e. The van der Waals surface area contributed by atoms with Crippen LogP contribution in [0.15, 0.2) is 53.2 Å². The van der Waals surface area contributed by atoms with Gasteiger partial charge < -0.3 is 4.18 Å². The molecule has 2 heterocycles. The zero-order valence-electron chi connectivity index (χ0n) is 14.9. The average Bonchev–Trinajstić information content (AvgIpc) is 3.17. The minimum atomic E-state index is -5.75. The van der Waals surface area contributed by atoms with Gasteiger partial charge in [-0.05, 0) is 17.9 Å². The summed E-state index contributed by atoms with van der Waals surface area (Å²) >= 11 is 1.25. The van der Waals surface area contributed by atoms with Gasteiger partial charge in [-0.25, -0.2) is 4.58 Å². The van der Waals surface area contributed by atoms with Gasteiger partial charge in [0.2, 0.25) is 0 Å². The topological polar surface area (TPSA) is 46.4 Å². The normalized spacial score (nSPS) is 16.3. The van der Waals surface area contributed by atoms with Crippen LogP contribution in [0.4, 0.5) is 13.2 Å². The van der Waals surface area contributed by atoms with E-state index in [0.717, 1.165) is 30.7 Å². The Hall–Kier alpha value is -2.13. The second kappa shape index (κ2) is 8.48. The third-order valence-electron chi connectivity index (χ3n) is 4.32. The van der Waals surface area contributed by atoms with Crippen molar-refractivity contribution in [3.63, 3.8) is 0 Å². The average molecular weight is 430 g/mol. The zero-order valence-corrected chi connectivity index (χ0v) is 16.5.